The van der Waals surface area contributed by atoms with Gasteiger partial charge >= 0.3 is 5.97 Å². The largest absolute Gasteiger partial charge is 0.468 e. The van der Waals surface area contributed by atoms with Crippen molar-refractivity contribution in [3.63, 3.8) is 0 Å². The van der Waals surface area contributed by atoms with Crippen LogP contribution in [0.2, 0.25) is 0 Å². The molecule has 0 bridgehead atoms. The first-order valence-electron chi connectivity index (χ1n) is 4.15. The van der Waals surface area contributed by atoms with Crippen LogP contribution in [0.4, 0.5) is 0 Å². The van der Waals surface area contributed by atoms with Crippen molar-refractivity contribution in [3.8, 4) is 0 Å². The topological polar surface area (TPSA) is 75.1 Å². The summed E-state index contributed by atoms with van der Waals surface area (Å²) in [6.45, 7) is 1.56. The van der Waals surface area contributed by atoms with Crippen LogP contribution < -0.4 is 0 Å². The maximum absolute atomic E-state index is 11.5. The molecule has 5 heteroatoms. The fraction of sp³-hybridized carbons (Fsp3) is 0.444. The van der Waals surface area contributed by atoms with E-state index in [0.29, 0.717) is 0 Å². The summed E-state index contributed by atoms with van der Waals surface area (Å²) in [5.41, 5.74) is 7.22. The number of carbonyl (C=O) groups is 1. The van der Waals surface area contributed by atoms with E-state index in [4.69, 9.17) is 5.53 Å². The third kappa shape index (κ3) is 1.63. The molecule has 0 spiro atoms. The normalized spacial score (nSPS) is 18.7. The van der Waals surface area contributed by atoms with E-state index in [1.54, 1.807) is 31.2 Å². The zero-order chi connectivity index (χ0) is 10.6. The summed E-state index contributed by atoms with van der Waals surface area (Å²) in [6.07, 6.45) is 7.20. The third-order valence-corrected chi connectivity index (χ3v) is 2.25. The fourth-order valence-corrected chi connectivity index (χ4v) is 1.35. The number of methoxy groups -OCH3 is 1. The summed E-state index contributed by atoms with van der Waals surface area (Å²) in [6, 6.07) is 0. The number of azide groups is 1. The lowest BCUT2D eigenvalue weighted by molar-refractivity contribution is -0.147. The van der Waals surface area contributed by atoms with Gasteiger partial charge in [-0.2, -0.15) is 0 Å². The maximum Gasteiger partial charge on any atom is 0.318 e. The van der Waals surface area contributed by atoms with Gasteiger partial charge in [-0.25, -0.2) is 0 Å². The van der Waals surface area contributed by atoms with Gasteiger partial charge in [0, 0.05) is 10.8 Å². The third-order valence-electron chi connectivity index (χ3n) is 2.25. The molecule has 0 fully saturated rings. The molecule has 0 aromatic carbocycles. The first-order valence-corrected chi connectivity index (χ1v) is 4.15. The molecule has 0 radical (unpaired) electrons. The molecule has 0 heterocycles. The molecule has 5 nitrogen and oxygen atoms in total. The van der Waals surface area contributed by atoms with Gasteiger partial charge in [0.1, 0.15) is 0 Å². The Hall–Kier alpha value is -1.74. The molecular formula is C9H11N3O2. The summed E-state index contributed by atoms with van der Waals surface area (Å²) < 4.78 is 4.61. The van der Waals surface area contributed by atoms with E-state index in [-0.39, 0.29) is 5.92 Å². The number of hydrogen-bond acceptors (Lipinski definition) is 3. The smallest absolute Gasteiger partial charge is 0.318 e. The molecule has 1 aliphatic rings. The van der Waals surface area contributed by atoms with Crippen molar-refractivity contribution in [2.45, 2.75) is 12.5 Å². The molecule has 0 aliphatic heterocycles. The van der Waals surface area contributed by atoms with Crippen LogP contribution in [0.1, 0.15) is 6.92 Å². The quantitative estimate of drug-likeness (QED) is 0.297. The van der Waals surface area contributed by atoms with Crippen molar-refractivity contribution in [3.05, 3.63) is 34.7 Å². The molecule has 0 aromatic heterocycles. The highest BCUT2D eigenvalue weighted by Gasteiger charge is 2.40. The van der Waals surface area contributed by atoms with E-state index >= 15 is 0 Å². The summed E-state index contributed by atoms with van der Waals surface area (Å²) in [7, 11) is 1.27. The van der Waals surface area contributed by atoms with Crippen molar-refractivity contribution >= 4 is 5.97 Å². The Labute approximate surface area is 81.7 Å². The molecule has 0 aromatic rings. The molecule has 74 valence electrons. The Bertz CT molecular complexity index is 330. The van der Waals surface area contributed by atoms with Gasteiger partial charge in [-0.15, -0.1) is 0 Å². The number of rotatable bonds is 3. The Morgan fingerprint density at radius 2 is 2.14 bits per heavy atom. The standard InChI is InChI=1S/C9H11N3O2/c1-9(11-12-10,8(13)14-2)7-5-3-4-6-7/h3-7H,1-2H3/t9-/m0/s1. The van der Waals surface area contributed by atoms with E-state index < -0.39 is 11.5 Å². The summed E-state index contributed by atoms with van der Waals surface area (Å²) in [5, 5.41) is 3.51. The Kier molecular flexibility index (Phi) is 2.94. The molecule has 0 saturated heterocycles. The van der Waals surface area contributed by atoms with Gasteiger partial charge in [-0.05, 0) is 12.5 Å². The minimum absolute atomic E-state index is 0.231. The zero-order valence-corrected chi connectivity index (χ0v) is 8.04. The predicted molar refractivity (Wildman–Crippen MR) is 51.3 cm³/mol. The van der Waals surface area contributed by atoms with Gasteiger partial charge in [-0.1, -0.05) is 29.4 Å². The highest BCUT2D eigenvalue weighted by molar-refractivity contribution is 5.81. The highest BCUT2D eigenvalue weighted by Crippen LogP contribution is 2.29. The van der Waals surface area contributed by atoms with Crippen LogP contribution in [-0.2, 0) is 9.53 Å². The fourth-order valence-electron chi connectivity index (χ4n) is 1.35. The molecule has 1 aliphatic carbocycles. The van der Waals surface area contributed by atoms with Crippen LogP contribution in [0.5, 0.6) is 0 Å². The van der Waals surface area contributed by atoms with Crippen LogP contribution in [0.25, 0.3) is 10.4 Å². The maximum atomic E-state index is 11.5. The van der Waals surface area contributed by atoms with Gasteiger partial charge in [0.2, 0.25) is 0 Å². The van der Waals surface area contributed by atoms with Crippen LogP contribution >= 0.6 is 0 Å². The average Bonchev–Trinajstić information content (AvgIpc) is 2.70. The van der Waals surface area contributed by atoms with Crippen LogP contribution in [0.15, 0.2) is 29.4 Å². The second-order valence-corrected chi connectivity index (χ2v) is 3.12. The van der Waals surface area contributed by atoms with Crippen LogP contribution in [0, 0.1) is 5.92 Å². The number of esters is 1. The van der Waals surface area contributed by atoms with Crippen molar-refractivity contribution in [2.75, 3.05) is 7.11 Å². The number of carbonyl (C=O) groups excluding carboxylic acids is 1. The molecular weight excluding hydrogens is 182 g/mol. The van der Waals surface area contributed by atoms with E-state index in [0.717, 1.165) is 0 Å². The first-order chi connectivity index (χ1) is 6.65. The molecule has 0 N–H and O–H groups in total. The van der Waals surface area contributed by atoms with Crippen molar-refractivity contribution in [2.24, 2.45) is 11.0 Å². The Morgan fingerprint density at radius 3 is 2.57 bits per heavy atom. The van der Waals surface area contributed by atoms with Crippen LogP contribution in [-0.4, -0.2) is 18.6 Å². The molecule has 0 saturated carbocycles. The second-order valence-electron chi connectivity index (χ2n) is 3.12. The SMILES string of the molecule is COC(=O)[C@@](C)(N=[N+]=[N-])C1C=CC=C1. The van der Waals surface area contributed by atoms with Gasteiger partial charge in [-0.3, -0.25) is 4.79 Å². The number of ether oxygens (including phenoxy) is 1. The summed E-state index contributed by atoms with van der Waals surface area (Å²) in [5.74, 6) is -0.762. The van der Waals surface area contributed by atoms with E-state index in [9.17, 15) is 4.79 Å². The lowest BCUT2D eigenvalue weighted by Gasteiger charge is -2.24. The van der Waals surface area contributed by atoms with Gasteiger partial charge in [0.25, 0.3) is 0 Å². The molecule has 14 heavy (non-hydrogen) atoms. The molecule has 1 atom stereocenters. The lowest BCUT2D eigenvalue weighted by atomic mass is 9.87. The minimum atomic E-state index is -1.19. The predicted octanol–water partition coefficient (Wildman–Crippen LogP) is 1.97. The molecule has 1 rings (SSSR count). The summed E-state index contributed by atoms with van der Waals surface area (Å²) >= 11 is 0. The molecule has 0 amide bonds. The Balaban J connectivity index is 3.03. The van der Waals surface area contributed by atoms with Gasteiger partial charge < -0.3 is 4.74 Å². The molecule has 0 unspecified atom stereocenters. The average molecular weight is 193 g/mol. The van der Waals surface area contributed by atoms with Crippen molar-refractivity contribution < 1.29 is 9.53 Å². The van der Waals surface area contributed by atoms with Gasteiger partial charge in [0.15, 0.2) is 5.54 Å². The minimum Gasteiger partial charge on any atom is -0.468 e. The van der Waals surface area contributed by atoms with E-state index in [2.05, 4.69) is 14.8 Å². The zero-order valence-electron chi connectivity index (χ0n) is 8.04. The number of allylic oxidation sites excluding steroid dienone is 2. The number of nitrogens with zero attached hydrogens (tertiary/aromatic N) is 3. The number of hydrogen-bond donors (Lipinski definition) is 0. The lowest BCUT2D eigenvalue weighted by Crippen LogP contribution is -2.39. The first kappa shape index (κ1) is 10.3. The van der Waals surface area contributed by atoms with E-state index in [1.807, 2.05) is 0 Å². The van der Waals surface area contributed by atoms with E-state index in [1.165, 1.54) is 7.11 Å². The highest BCUT2D eigenvalue weighted by atomic mass is 16.5. The van der Waals surface area contributed by atoms with Gasteiger partial charge in [0.05, 0.1) is 7.11 Å². The Morgan fingerprint density at radius 1 is 1.57 bits per heavy atom. The van der Waals surface area contributed by atoms with Crippen LogP contribution in [0.3, 0.4) is 0 Å². The summed E-state index contributed by atoms with van der Waals surface area (Å²) in [4.78, 5) is 14.1. The second kappa shape index (κ2) is 3.98. The van der Waals surface area contributed by atoms with Crippen molar-refractivity contribution in [1.29, 1.82) is 0 Å². The monoisotopic (exact) mass is 193 g/mol. The van der Waals surface area contributed by atoms with Crippen molar-refractivity contribution in [1.82, 2.24) is 0 Å².